The van der Waals surface area contributed by atoms with E-state index in [-0.39, 0.29) is 6.03 Å². The Labute approximate surface area is 178 Å². The zero-order chi connectivity index (χ0) is 20.9. The van der Waals surface area contributed by atoms with E-state index in [4.69, 9.17) is 10.5 Å². The molecule has 0 atom stereocenters. The standard InChI is InChI=1S/C23H31N3O2S/c1-3-4-5-6-15-25-23(27)26-16-22(24)19-9-11-20(12-10-19)28-17-18-7-13-21(29-2)14-8-18/h7-14,16H,3-6,15,17,24H2,1-2H3,(H2,25,26,27)/b22-16-. The number of thioether (sulfide) groups is 1. The van der Waals surface area contributed by atoms with Gasteiger partial charge in [0.25, 0.3) is 0 Å². The maximum absolute atomic E-state index is 11.8. The SMILES string of the molecule is CCCCCCNC(=O)N/C=C(\N)c1ccc(OCc2ccc(SC)cc2)cc1. The molecule has 0 saturated carbocycles. The molecule has 0 radical (unpaired) electrons. The molecule has 0 aliphatic carbocycles. The van der Waals surface area contributed by atoms with Crippen molar-refractivity contribution in [1.82, 2.24) is 10.6 Å². The second-order valence-corrected chi connectivity index (χ2v) is 7.60. The highest BCUT2D eigenvalue weighted by molar-refractivity contribution is 7.98. The molecule has 5 nitrogen and oxygen atoms in total. The highest BCUT2D eigenvalue weighted by Crippen LogP contribution is 2.19. The molecular weight excluding hydrogens is 382 g/mol. The third-order valence-corrected chi connectivity index (χ3v) is 5.17. The Morgan fingerprint density at radius 3 is 2.45 bits per heavy atom. The van der Waals surface area contributed by atoms with Gasteiger partial charge in [0.15, 0.2) is 0 Å². The van der Waals surface area contributed by atoms with Gasteiger partial charge in [0.1, 0.15) is 12.4 Å². The van der Waals surface area contributed by atoms with Crippen LogP contribution in [0.1, 0.15) is 43.7 Å². The minimum atomic E-state index is -0.239. The molecule has 156 valence electrons. The Kier molecular flexibility index (Phi) is 10.00. The zero-order valence-electron chi connectivity index (χ0n) is 17.2. The quantitative estimate of drug-likeness (QED) is 0.353. The fourth-order valence-corrected chi connectivity index (χ4v) is 3.07. The lowest BCUT2D eigenvalue weighted by molar-refractivity contribution is 0.244. The van der Waals surface area contributed by atoms with Crippen LogP contribution in [0.3, 0.4) is 0 Å². The Morgan fingerprint density at radius 2 is 1.79 bits per heavy atom. The summed E-state index contributed by atoms with van der Waals surface area (Å²) in [6.45, 7) is 3.35. The van der Waals surface area contributed by atoms with E-state index in [9.17, 15) is 4.79 Å². The molecule has 4 N–H and O–H groups in total. The van der Waals surface area contributed by atoms with E-state index in [2.05, 4.69) is 48.1 Å². The summed E-state index contributed by atoms with van der Waals surface area (Å²) in [5.41, 5.74) is 8.49. The molecule has 6 heteroatoms. The van der Waals surface area contributed by atoms with Crippen molar-refractivity contribution in [3.63, 3.8) is 0 Å². The molecule has 0 bridgehead atoms. The Balaban J connectivity index is 1.77. The average Bonchev–Trinajstić information content (AvgIpc) is 2.76. The van der Waals surface area contributed by atoms with E-state index in [1.807, 2.05) is 24.3 Å². The van der Waals surface area contributed by atoms with E-state index in [0.717, 1.165) is 29.7 Å². The van der Waals surface area contributed by atoms with Crippen molar-refractivity contribution in [2.75, 3.05) is 12.8 Å². The van der Waals surface area contributed by atoms with Gasteiger partial charge in [0, 0.05) is 17.6 Å². The summed E-state index contributed by atoms with van der Waals surface area (Å²) in [7, 11) is 0. The van der Waals surface area contributed by atoms with Crippen LogP contribution in [0.15, 0.2) is 59.6 Å². The maximum Gasteiger partial charge on any atom is 0.318 e. The van der Waals surface area contributed by atoms with Gasteiger partial charge in [-0.05, 0) is 60.2 Å². The van der Waals surface area contributed by atoms with Crippen LogP contribution in [0.2, 0.25) is 0 Å². The van der Waals surface area contributed by atoms with Gasteiger partial charge in [-0.3, -0.25) is 0 Å². The van der Waals surface area contributed by atoms with E-state index in [1.165, 1.54) is 23.9 Å². The first-order valence-electron chi connectivity index (χ1n) is 9.98. The number of carbonyl (C=O) groups is 1. The number of unbranched alkanes of at least 4 members (excludes halogenated alkanes) is 3. The van der Waals surface area contributed by atoms with Crippen LogP contribution in [0.5, 0.6) is 5.75 Å². The van der Waals surface area contributed by atoms with Crippen molar-refractivity contribution in [2.45, 2.75) is 44.1 Å². The predicted octanol–water partition coefficient (Wildman–Crippen LogP) is 5.12. The van der Waals surface area contributed by atoms with Gasteiger partial charge < -0.3 is 21.1 Å². The van der Waals surface area contributed by atoms with Crippen LogP contribution in [0, 0.1) is 0 Å². The third-order valence-electron chi connectivity index (χ3n) is 4.43. The van der Waals surface area contributed by atoms with Crippen molar-refractivity contribution in [2.24, 2.45) is 5.73 Å². The number of carbonyl (C=O) groups excluding carboxylic acids is 1. The van der Waals surface area contributed by atoms with Gasteiger partial charge in [0.2, 0.25) is 0 Å². The van der Waals surface area contributed by atoms with Gasteiger partial charge in [-0.25, -0.2) is 4.79 Å². The summed E-state index contributed by atoms with van der Waals surface area (Å²) < 4.78 is 5.82. The molecule has 2 rings (SSSR count). The molecule has 0 aliphatic heterocycles. The lowest BCUT2D eigenvalue weighted by Gasteiger charge is -2.09. The van der Waals surface area contributed by atoms with Crippen LogP contribution < -0.4 is 21.1 Å². The highest BCUT2D eigenvalue weighted by Gasteiger charge is 2.02. The van der Waals surface area contributed by atoms with Gasteiger partial charge in [0.05, 0.1) is 5.70 Å². The number of nitrogens with two attached hydrogens (primary N) is 1. The summed E-state index contributed by atoms with van der Waals surface area (Å²) in [4.78, 5) is 13.0. The molecule has 0 saturated heterocycles. The molecule has 0 heterocycles. The second kappa shape index (κ2) is 12.8. The number of ether oxygens (including phenoxy) is 1. The number of rotatable bonds is 11. The zero-order valence-corrected chi connectivity index (χ0v) is 18.1. The third kappa shape index (κ3) is 8.52. The number of benzene rings is 2. The Hall–Kier alpha value is -2.60. The molecule has 2 aromatic rings. The average molecular weight is 414 g/mol. The second-order valence-electron chi connectivity index (χ2n) is 6.72. The maximum atomic E-state index is 11.8. The van der Waals surface area contributed by atoms with Crippen LogP contribution >= 0.6 is 11.8 Å². The van der Waals surface area contributed by atoms with Crippen LogP contribution in [-0.2, 0) is 6.61 Å². The first-order chi connectivity index (χ1) is 14.1. The molecule has 2 amide bonds. The fraction of sp³-hybridized carbons (Fsp3) is 0.348. The van der Waals surface area contributed by atoms with E-state index in [0.29, 0.717) is 18.8 Å². The predicted molar refractivity (Wildman–Crippen MR) is 122 cm³/mol. The van der Waals surface area contributed by atoms with Crippen molar-refractivity contribution >= 4 is 23.5 Å². The largest absolute Gasteiger partial charge is 0.489 e. The minimum Gasteiger partial charge on any atom is -0.489 e. The fourth-order valence-electron chi connectivity index (χ4n) is 2.66. The van der Waals surface area contributed by atoms with Crippen LogP contribution in [-0.4, -0.2) is 18.8 Å². The van der Waals surface area contributed by atoms with Crippen molar-refractivity contribution < 1.29 is 9.53 Å². The monoisotopic (exact) mass is 413 g/mol. The molecule has 0 spiro atoms. The smallest absolute Gasteiger partial charge is 0.318 e. The summed E-state index contributed by atoms with van der Waals surface area (Å²) in [6.07, 6.45) is 8.07. The van der Waals surface area contributed by atoms with Crippen molar-refractivity contribution in [1.29, 1.82) is 0 Å². The number of nitrogens with one attached hydrogen (secondary N) is 2. The summed E-state index contributed by atoms with van der Waals surface area (Å²) in [5, 5.41) is 5.50. The minimum absolute atomic E-state index is 0.239. The lowest BCUT2D eigenvalue weighted by atomic mass is 10.1. The van der Waals surface area contributed by atoms with E-state index < -0.39 is 0 Å². The van der Waals surface area contributed by atoms with E-state index in [1.54, 1.807) is 11.8 Å². The summed E-state index contributed by atoms with van der Waals surface area (Å²) >= 11 is 1.72. The molecule has 2 aromatic carbocycles. The molecule has 0 unspecified atom stereocenters. The lowest BCUT2D eigenvalue weighted by Crippen LogP contribution is -2.33. The van der Waals surface area contributed by atoms with Crippen LogP contribution in [0.25, 0.3) is 5.70 Å². The van der Waals surface area contributed by atoms with Crippen LogP contribution in [0.4, 0.5) is 4.79 Å². The Morgan fingerprint density at radius 1 is 1.07 bits per heavy atom. The number of hydrogen-bond acceptors (Lipinski definition) is 4. The van der Waals surface area contributed by atoms with Crippen molar-refractivity contribution in [3.8, 4) is 5.75 Å². The highest BCUT2D eigenvalue weighted by atomic mass is 32.2. The first-order valence-corrected chi connectivity index (χ1v) is 11.2. The van der Waals surface area contributed by atoms with E-state index >= 15 is 0 Å². The van der Waals surface area contributed by atoms with Gasteiger partial charge in [-0.2, -0.15) is 0 Å². The van der Waals surface area contributed by atoms with Crippen molar-refractivity contribution in [3.05, 3.63) is 65.9 Å². The molecule has 0 aromatic heterocycles. The first kappa shape index (κ1) is 22.7. The Bertz CT molecular complexity index is 774. The number of amides is 2. The number of urea groups is 1. The summed E-state index contributed by atoms with van der Waals surface area (Å²) in [6, 6.07) is 15.6. The molecule has 0 aliphatic rings. The normalized spacial score (nSPS) is 11.2. The van der Waals surface area contributed by atoms with Gasteiger partial charge in [-0.15, -0.1) is 11.8 Å². The summed E-state index contributed by atoms with van der Waals surface area (Å²) in [5.74, 6) is 0.772. The topological polar surface area (TPSA) is 76.4 Å². The van der Waals surface area contributed by atoms with Gasteiger partial charge >= 0.3 is 6.03 Å². The molecular formula is C23H31N3O2S. The van der Waals surface area contributed by atoms with Gasteiger partial charge in [-0.1, -0.05) is 38.3 Å². The molecule has 29 heavy (non-hydrogen) atoms. The number of hydrogen-bond donors (Lipinski definition) is 3. The molecule has 0 fully saturated rings.